The van der Waals surface area contributed by atoms with Gasteiger partial charge < -0.3 is 14.8 Å². The Kier molecular flexibility index (Phi) is 5.92. The number of ether oxygens (including phenoxy) is 2. The second-order valence-electron chi connectivity index (χ2n) is 9.18. The minimum absolute atomic E-state index is 0.0710. The molecular formula is C25H31N3O3. The van der Waals surface area contributed by atoms with E-state index in [0.717, 1.165) is 30.9 Å². The van der Waals surface area contributed by atoms with Crippen LogP contribution in [0.2, 0.25) is 0 Å². The maximum absolute atomic E-state index is 12.4. The van der Waals surface area contributed by atoms with Crippen molar-refractivity contribution in [2.45, 2.75) is 56.2 Å². The van der Waals surface area contributed by atoms with Gasteiger partial charge >= 0.3 is 0 Å². The van der Waals surface area contributed by atoms with Crippen molar-refractivity contribution in [1.82, 2.24) is 15.2 Å². The number of likely N-dealkylation sites (tertiary alicyclic amines) is 1. The molecule has 1 aromatic carbocycles. The topological polar surface area (TPSA) is 63.7 Å². The lowest BCUT2D eigenvalue weighted by molar-refractivity contribution is -0.122. The average molecular weight is 422 g/mol. The number of rotatable bonds is 5. The highest BCUT2D eigenvalue weighted by atomic mass is 16.5. The maximum atomic E-state index is 12.4. The molecule has 3 fully saturated rings. The van der Waals surface area contributed by atoms with E-state index in [-0.39, 0.29) is 11.8 Å². The summed E-state index contributed by atoms with van der Waals surface area (Å²) in [6, 6.07) is 12.6. The minimum atomic E-state index is -0.415. The second-order valence-corrected chi connectivity index (χ2v) is 9.18. The number of carbonyl (C=O) groups excluding carboxylic acids is 1. The van der Waals surface area contributed by atoms with Crippen molar-refractivity contribution in [3.05, 3.63) is 59.9 Å². The molecule has 6 nitrogen and oxygen atoms in total. The van der Waals surface area contributed by atoms with Gasteiger partial charge in [-0.3, -0.25) is 14.7 Å². The van der Waals surface area contributed by atoms with Crippen molar-refractivity contribution >= 4 is 5.91 Å². The third-order valence-electron chi connectivity index (χ3n) is 6.86. The largest absolute Gasteiger partial charge is 0.490 e. The van der Waals surface area contributed by atoms with E-state index in [9.17, 15) is 4.79 Å². The second kappa shape index (κ2) is 8.97. The summed E-state index contributed by atoms with van der Waals surface area (Å²) >= 11 is 0. The van der Waals surface area contributed by atoms with Crippen LogP contribution in [0.15, 0.2) is 48.8 Å². The van der Waals surface area contributed by atoms with Crippen LogP contribution in [-0.2, 0) is 16.1 Å². The summed E-state index contributed by atoms with van der Waals surface area (Å²) in [4.78, 5) is 19.2. The van der Waals surface area contributed by atoms with Gasteiger partial charge in [0.1, 0.15) is 5.75 Å². The average Bonchev–Trinajstić information content (AvgIpc) is 3.36. The summed E-state index contributed by atoms with van der Waals surface area (Å²) in [6.07, 6.45) is 9.40. The SMILES string of the molecule is O=C1CCOC[C@]2(CN(Cc3ccc(OC4CCCC4)cc3)C[C@H]2c2cccnc2)N1. The molecule has 2 aromatic rings. The van der Waals surface area contributed by atoms with Crippen LogP contribution < -0.4 is 10.1 Å². The third-order valence-corrected chi connectivity index (χ3v) is 6.86. The molecule has 0 radical (unpaired) electrons. The molecule has 31 heavy (non-hydrogen) atoms. The molecular weight excluding hydrogens is 390 g/mol. The fourth-order valence-corrected chi connectivity index (χ4v) is 5.33. The van der Waals surface area contributed by atoms with Crippen LogP contribution in [0.25, 0.3) is 0 Å². The monoisotopic (exact) mass is 421 g/mol. The summed E-state index contributed by atoms with van der Waals surface area (Å²) < 4.78 is 12.0. The van der Waals surface area contributed by atoms with Crippen molar-refractivity contribution in [1.29, 1.82) is 0 Å². The number of nitrogens with zero attached hydrogens (tertiary/aromatic N) is 2. The molecule has 3 aliphatic rings. The van der Waals surface area contributed by atoms with Crippen LogP contribution in [0.1, 0.15) is 49.1 Å². The Bertz CT molecular complexity index is 883. The van der Waals surface area contributed by atoms with Gasteiger partial charge in [-0.1, -0.05) is 18.2 Å². The Morgan fingerprint density at radius 3 is 2.81 bits per heavy atom. The lowest BCUT2D eigenvalue weighted by Gasteiger charge is -2.34. The first-order chi connectivity index (χ1) is 15.2. The number of aromatic nitrogens is 1. The highest BCUT2D eigenvalue weighted by Gasteiger charge is 2.49. The summed E-state index contributed by atoms with van der Waals surface area (Å²) in [6.45, 7) is 3.46. The highest BCUT2D eigenvalue weighted by molar-refractivity contribution is 5.77. The Morgan fingerprint density at radius 2 is 2.03 bits per heavy atom. The van der Waals surface area contributed by atoms with Crippen molar-refractivity contribution in [3.8, 4) is 5.75 Å². The van der Waals surface area contributed by atoms with Crippen LogP contribution in [0.3, 0.4) is 0 Å². The van der Waals surface area contributed by atoms with Gasteiger partial charge in [-0.05, 0) is 55.0 Å². The fourth-order valence-electron chi connectivity index (χ4n) is 5.33. The standard InChI is InChI=1S/C25H31N3O3/c29-24-11-13-30-18-25(27-24)17-28(16-23(25)20-4-3-12-26-14-20)15-19-7-9-22(10-8-19)31-21-5-1-2-6-21/h3-4,7-10,12,14,21,23H,1-2,5-6,11,13,15-18H2,(H,27,29)/t23-,25-/m0/s1. The van der Waals surface area contributed by atoms with Gasteiger partial charge in [0.25, 0.3) is 0 Å². The lowest BCUT2D eigenvalue weighted by atomic mass is 9.83. The molecule has 1 aliphatic carbocycles. The van der Waals surface area contributed by atoms with E-state index < -0.39 is 5.54 Å². The van der Waals surface area contributed by atoms with E-state index in [2.05, 4.69) is 45.5 Å². The molecule has 1 aromatic heterocycles. The molecule has 1 saturated carbocycles. The molecule has 0 unspecified atom stereocenters. The Labute approximate surface area is 183 Å². The van der Waals surface area contributed by atoms with Gasteiger partial charge in [0, 0.05) is 44.4 Å². The van der Waals surface area contributed by atoms with Gasteiger partial charge in [-0.25, -0.2) is 0 Å². The van der Waals surface area contributed by atoms with Crippen molar-refractivity contribution in [2.24, 2.45) is 0 Å². The fraction of sp³-hybridized carbons (Fsp3) is 0.520. The number of hydrogen-bond acceptors (Lipinski definition) is 5. The predicted molar refractivity (Wildman–Crippen MR) is 118 cm³/mol. The zero-order valence-corrected chi connectivity index (χ0v) is 18.0. The van der Waals surface area contributed by atoms with Gasteiger partial charge in [-0.15, -0.1) is 0 Å². The molecule has 1 spiro atoms. The maximum Gasteiger partial charge on any atom is 0.222 e. The van der Waals surface area contributed by atoms with Crippen LogP contribution in [0.4, 0.5) is 0 Å². The minimum Gasteiger partial charge on any atom is -0.490 e. The summed E-state index contributed by atoms with van der Waals surface area (Å²) in [5, 5.41) is 3.31. The zero-order chi connectivity index (χ0) is 21.1. The number of benzene rings is 1. The molecule has 164 valence electrons. The number of nitrogens with one attached hydrogen (secondary N) is 1. The van der Waals surface area contributed by atoms with E-state index in [0.29, 0.717) is 25.7 Å². The molecule has 2 saturated heterocycles. The first kappa shape index (κ1) is 20.5. The Balaban J connectivity index is 1.31. The molecule has 6 heteroatoms. The van der Waals surface area contributed by atoms with E-state index >= 15 is 0 Å². The molecule has 0 bridgehead atoms. The summed E-state index contributed by atoms with van der Waals surface area (Å²) in [7, 11) is 0. The zero-order valence-electron chi connectivity index (χ0n) is 18.0. The van der Waals surface area contributed by atoms with E-state index in [1.165, 1.54) is 31.2 Å². The van der Waals surface area contributed by atoms with Crippen molar-refractivity contribution in [3.63, 3.8) is 0 Å². The smallest absolute Gasteiger partial charge is 0.222 e. The van der Waals surface area contributed by atoms with Crippen molar-refractivity contribution in [2.75, 3.05) is 26.3 Å². The number of amides is 1. The molecule has 2 atom stereocenters. The summed E-state index contributed by atoms with van der Waals surface area (Å²) in [5.74, 6) is 1.18. The quantitative estimate of drug-likeness (QED) is 0.803. The van der Waals surface area contributed by atoms with Gasteiger partial charge in [0.05, 0.1) is 24.9 Å². The number of carbonyl (C=O) groups is 1. The Morgan fingerprint density at radius 1 is 1.19 bits per heavy atom. The van der Waals surface area contributed by atoms with Crippen LogP contribution in [0.5, 0.6) is 5.75 Å². The molecule has 1 amide bonds. The van der Waals surface area contributed by atoms with Gasteiger partial charge in [-0.2, -0.15) is 0 Å². The first-order valence-corrected chi connectivity index (χ1v) is 11.5. The molecule has 2 aliphatic heterocycles. The van der Waals surface area contributed by atoms with E-state index in [1.54, 1.807) is 6.20 Å². The van der Waals surface area contributed by atoms with E-state index in [4.69, 9.17) is 9.47 Å². The molecule has 1 N–H and O–H groups in total. The Hall–Kier alpha value is -2.44. The van der Waals surface area contributed by atoms with E-state index in [1.807, 2.05) is 12.3 Å². The lowest BCUT2D eigenvalue weighted by Crippen LogP contribution is -2.55. The molecule has 3 heterocycles. The predicted octanol–water partition coefficient (Wildman–Crippen LogP) is 3.28. The number of pyridine rings is 1. The first-order valence-electron chi connectivity index (χ1n) is 11.5. The third kappa shape index (κ3) is 4.60. The number of hydrogen-bond donors (Lipinski definition) is 1. The normalized spacial score (nSPS) is 27.4. The van der Waals surface area contributed by atoms with Crippen LogP contribution >= 0.6 is 0 Å². The van der Waals surface area contributed by atoms with Crippen LogP contribution in [-0.4, -0.2) is 53.7 Å². The summed E-state index contributed by atoms with van der Waals surface area (Å²) in [5.41, 5.74) is 1.99. The van der Waals surface area contributed by atoms with Gasteiger partial charge in [0.15, 0.2) is 0 Å². The van der Waals surface area contributed by atoms with Crippen LogP contribution in [0, 0.1) is 0 Å². The van der Waals surface area contributed by atoms with Gasteiger partial charge in [0.2, 0.25) is 5.91 Å². The highest BCUT2D eigenvalue weighted by Crippen LogP contribution is 2.38. The van der Waals surface area contributed by atoms with Crippen molar-refractivity contribution < 1.29 is 14.3 Å². The molecule has 5 rings (SSSR count).